The van der Waals surface area contributed by atoms with Crippen LogP contribution in [0, 0.1) is 0 Å². The maximum Gasteiger partial charge on any atom is 0.199 e. The number of nitrogens with one attached hydrogen (secondary N) is 1. The summed E-state index contributed by atoms with van der Waals surface area (Å²) in [6.07, 6.45) is 3.62. The molecular weight excluding hydrogens is 224 g/mol. The Morgan fingerprint density at radius 3 is 2.76 bits per heavy atom. The zero-order valence-corrected chi connectivity index (χ0v) is 9.41. The van der Waals surface area contributed by atoms with E-state index in [1.807, 2.05) is 6.92 Å². The van der Waals surface area contributed by atoms with Crippen molar-refractivity contribution >= 4 is 11.5 Å². The van der Waals surface area contributed by atoms with Gasteiger partial charge in [-0.1, -0.05) is 6.92 Å². The predicted molar refractivity (Wildman–Crippen MR) is 59.4 cm³/mol. The molecule has 0 aromatic carbocycles. The third-order valence-electron chi connectivity index (χ3n) is 2.78. The summed E-state index contributed by atoms with van der Waals surface area (Å²) in [5, 5.41) is 32.8. The number of hydrogen-bond acceptors (Lipinski definition) is 7. The quantitative estimate of drug-likeness (QED) is 0.617. The number of anilines is 1. The molecule has 92 valence electrons. The predicted octanol–water partition coefficient (Wildman–Crippen LogP) is -0.935. The van der Waals surface area contributed by atoms with Crippen LogP contribution >= 0.6 is 0 Å². The number of tetrazole rings is 1. The van der Waals surface area contributed by atoms with Crippen molar-refractivity contribution in [2.24, 2.45) is 0 Å². The van der Waals surface area contributed by atoms with E-state index in [4.69, 9.17) is 0 Å². The minimum atomic E-state index is -0.804. The number of aromatic nitrogens is 5. The molecule has 2 aromatic heterocycles. The Balaban J connectivity index is 2.37. The van der Waals surface area contributed by atoms with E-state index < -0.39 is 5.54 Å². The maximum absolute atomic E-state index is 9.36. The smallest absolute Gasteiger partial charge is 0.199 e. The van der Waals surface area contributed by atoms with Gasteiger partial charge in [-0.05, 0) is 16.8 Å². The van der Waals surface area contributed by atoms with Crippen LogP contribution in [0.3, 0.4) is 0 Å². The summed E-state index contributed by atoms with van der Waals surface area (Å²) in [4.78, 5) is 3.98. The van der Waals surface area contributed by atoms with Gasteiger partial charge < -0.3 is 15.5 Å². The van der Waals surface area contributed by atoms with Gasteiger partial charge in [0.1, 0.15) is 0 Å². The van der Waals surface area contributed by atoms with Gasteiger partial charge in [-0.2, -0.15) is 4.52 Å². The number of aliphatic hydroxyl groups excluding tert-OH is 2. The Kier molecular flexibility index (Phi) is 3.16. The Labute approximate surface area is 97.3 Å². The molecule has 8 heteroatoms. The first-order chi connectivity index (χ1) is 8.24. The molecule has 8 nitrogen and oxygen atoms in total. The van der Waals surface area contributed by atoms with Crippen molar-refractivity contribution in [3.8, 4) is 0 Å². The minimum Gasteiger partial charge on any atom is -0.394 e. The molecule has 0 aliphatic heterocycles. The van der Waals surface area contributed by atoms with Gasteiger partial charge in [-0.25, -0.2) is 0 Å². The third-order valence-corrected chi connectivity index (χ3v) is 2.78. The molecule has 0 amide bonds. The van der Waals surface area contributed by atoms with Crippen LogP contribution in [0.5, 0.6) is 0 Å². The van der Waals surface area contributed by atoms with Crippen molar-refractivity contribution in [1.82, 2.24) is 25.0 Å². The molecule has 0 spiro atoms. The molecular formula is C9H14N6O2. The maximum atomic E-state index is 9.36. The molecule has 2 heterocycles. The summed E-state index contributed by atoms with van der Waals surface area (Å²) in [6.45, 7) is 1.48. The lowest BCUT2D eigenvalue weighted by Crippen LogP contribution is -2.45. The normalized spacial score (nSPS) is 11.9. The molecule has 0 aliphatic carbocycles. The van der Waals surface area contributed by atoms with Crippen LogP contribution in [0.1, 0.15) is 13.3 Å². The molecule has 0 unspecified atom stereocenters. The first-order valence-electron chi connectivity index (χ1n) is 5.26. The number of rotatable bonds is 5. The molecule has 0 atom stereocenters. The highest BCUT2D eigenvalue weighted by molar-refractivity contribution is 5.45. The van der Waals surface area contributed by atoms with Crippen LogP contribution in [0.4, 0.5) is 5.82 Å². The Morgan fingerprint density at radius 1 is 1.35 bits per heavy atom. The topological polar surface area (TPSA) is 108 Å². The van der Waals surface area contributed by atoms with Crippen LogP contribution in [0.15, 0.2) is 12.4 Å². The van der Waals surface area contributed by atoms with Crippen LogP contribution in [-0.2, 0) is 0 Å². The third kappa shape index (κ3) is 2.04. The van der Waals surface area contributed by atoms with Crippen LogP contribution in [-0.4, -0.2) is 54.0 Å². The fourth-order valence-electron chi connectivity index (χ4n) is 1.47. The Hall–Kier alpha value is -1.80. The highest BCUT2D eigenvalue weighted by atomic mass is 16.3. The molecule has 3 N–H and O–H groups in total. The van der Waals surface area contributed by atoms with Gasteiger partial charge >= 0.3 is 0 Å². The Bertz CT molecular complexity index is 487. The lowest BCUT2D eigenvalue weighted by atomic mass is 9.99. The van der Waals surface area contributed by atoms with Gasteiger partial charge in [0.25, 0.3) is 0 Å². The van der Waals surface area contributed by atoms with Crippen molar-refractivity contribution in [1.29, 1.82) is 0 Å². The van der Waals surface area contributed by atoms with Gasteiger partial charge in [0, 0.05) is 0 Å². The van der Waals surface area contributed by atoms with Crippen molar-refractivity contribution in [3.05, 3.63) is 12.4 Å². The van der Waals surface area contributed by atoms with Crippen molar-refractivity contribution in [3.63, 3.8) is 0 Å². The highest BCUT2D eigenvalue weighted by Crippen LogP contribution is 2.17. The number of nitrogens with zero attached hydrogens (tertiary/aromatic N) is 5. The molecule has 0 aliphatic rings. The molecule has 0 radical (unpaired) electrons. The second-order valence-electron chi connectivity index (χ2n) is 3.82. The number of aliphatic hydroxyl groups is 2. The first-order valence-corrected chi connectivity index (χ1v) is 5.26. The van der Waals surface area contributed by atoms with Gasteiger partial charge in [-0.15, -0.1) is 5.10 Å². The average Bonchev–Trinajstić information content (AvgIpc) is 2.85. The molecule has 0 saturated carbocycles. The van der Waals surface area contributed by atoms with E-state index in [1.165, 1.54) is 10.7 Å². The Morgan fingerprint density at radius 2 is 2.12 bits per heavy atom. The second-order valence-corrected chi connectivity index (χ2v) is 3.82. The summed E-state index contributed by atoms with van der Waals surface area (Å²) in [7, 11) is 0. The lowest BCUT2D eigenvalue weighted by molar-refractivity contribution is 0.132. The summed E-state index contributed by atoms with van der Waals surface area (Å²) >= 11 is 0. The van der Waals surface area contributed by atoms with E-state index in [0.717, 1.165) is 0 Å². The SMILES string of the molecule is CCC(CO)(CO)Nc1cncc2nnnn12. The lowest BCUT2D eigenvalue weighted by Gasteiger charge is -2.30. The van der Waals surface area contributed by atoms with E-state index in [1.54, 1.807) is 6.20 Å². The van der Waals surface area contributed by atoms with E-state index in [-0.39, 0.29) is 13.2 Å². The average molecular weight is 238 g/mol. The van der Waals surface area contributed by atoms with Crippen LogP contribution in [0.25, 0.3) is 5.65 Å². The van der Waals surface area contributed by atoms with E-state index in [0.29, 0.717) is 17.9 Å². The van der Waals surface area contributed by atoms with E-state index >= 15 is 0 Å². The van der Waals surface area contributed by atoms with Gasteiger partial charge in [0.05, 0.1) is 31.1 Å². The molecule has 2 aromatic rings. The standard InChI is InChI=1S/C9H14N6O2/c1-2-9(5-16,6-17)11-7-3-10-4-8-12-13-14-15(7)8/h3-4,11,16-17H,2,5-6H2,1H3. The van der Waals surface area contributed by atoms with Crippen molar-refractivity contribution in [2.75, 3.05) is 18.5 Å². The van der Waals surface area contributed by atoms with Crippen molar-refractivity contribution in [2.45, 2.75) is 18.9 Å². The summed E-state index contributed by atoms with van der Waals surface area (Å²) in [5.74, 6) is 0.525. The first kappa shape index (κ1) is 11.7. The summed E-state index contributed by atoms with van der Waals surface area (Å²) in [6, 6.07) is 0. The monoisotopic (exact) mass is 238 g/mol. The molecule has 0 fully saturated rings. The van der Waals surface area contributed by atoms with E-state index in [9.17, 15) is 10.2 Å². The highest BCUT2D eigenvalue weighted by Gasteiger charge is 2.27. The fraction of sp³-hybridized carbons (Fsp3) is 0.556. The number of hydrogen-bond donors (Lipinski definition) is 3. The molecule has 0 bridgehead atoms. The largest absolute Gasteiger partial charge is 0.394 e. The van der Waals surface area contributed by atoms with Gasteiger partial charge in [0.15, 0.2) is 11.5 Å². The molecule has 0 saturated heterocycles. The van der Waals surface area contributed by atoms with Gasteiger partial charge in [0.2, 0.25) is 0 Å². The van der Waals surface area contributed by atoms with Crippen LogP contribution in [0.2, 0.25) is 0 Å². The summed E-state index contributed by atoms with van der Waals surface area (Å²) < 4.78 is 1.46. The minimum absolute atomic E-state index is 0.196. The molecule has 17 heavy (non-hydrogen) atoms. The van der Waals surface area contributed by atoms with Crippen LogP contribution < -0.4 is 5.32 Å². The van der Waals surface area contributed by atoms with Gasteiger partial charge in [-0.3, -0.25) is 4.98 Å². The van der Waals surface area contributed by atoms with E-state index in [2.05, 4.69) is 25.8 Å². The fourth-order valence-corrected chi connectivity index (χ4v) is 1.47. The van der Waals surface area contributed by atoms with Crippen molar-refractivity contribution < 1.29 is 10.2 Å². The second kappa shape index (κ2) is 4.60. The zero-order valence-electron chi connectivity index (χ0n) is 9.41. The number of fused-ring (bicyclic) bond motifs is 1. The molecule has 2 rings (SSSR count). The summed E-state index contributed by atoms with van der Waals surface area (Å²) in [5.41, 5.74) is -0.307. The zero-order chi connectivity index (χ0) is 12.3.